The minimum atomic E-state index is -1.10. The number of nitrogens with zero attached hydrogens (tertiary/aromatic N) is 2. The van der Waals surface area contributed by atoms with Crippen LogP contribution in [0, 0.1) is 18.3 Å². The second-order valence-corrected chi connectivity index (χ2v) is 9.69. The summed E-state index contributed by atoms with van der Waals surface area (Å²) < 4.78 is 12.4. The lowest BCUT2D eigenvalue weighted by Gasteiger charge is -2.37. The SMILES string of the molecule is Cc1ccc2c(c1OCc1ccccc1)C[C@@H](C(=O)O)N(C(=O)[C@H](Oc1ccc(C#N)cc1)c1ccccc1)C2. The van der Waals surface area contributed by atoms with Crippen LogP contribution in [0.25, 0.3) is 0 Å². The van der Waals surface area contributed by atoms with Gasteiger partial charge in [0.25, 0.3) is 5.91 Å². The first-order valence-electron chi connectivity index (χ1n) is 13.0. The van der Waals surface area contributed by atoms with Gasteiger partial charge in [-0.15, -0.1) is 0 Å². The maximum atomic E-state index is 14.1. The van der Waals surface area contributed by atoms with Gasteiger partial charge in [0.05, 0.1) is 11.6 Å². The van der Waals surface area contributed by atoms with Gasteiger partial charge >= 0.3 is 5.97 Å². The average Bonchev–Trinajstić information content (AvgIpc) is 2.99. The first-order chi connectivity index (χ1) is 19.4. The Labute approximate surface area is 232 Å². The molecule has 0 saturated carbocycles. The van der Waals surface area contributed by atoms with Gasteiger partial charge in [-0.05, 0) is 47.9 Å². The van der Waals surface area contributed by atoms with Gasteiger partial charge < -0.3 is 19.5 Å². The fourth-order valence-corrected chi connectivity index (χ4v) is 4.92. The topological polar surface area (TPSA) is 99.9 Å². The molecule has 0 aromatic heterocycles. The molecule has 4 aromatic rings. The first kappa shape index (κ1) is 26.5. The zero-order valence-corrected chi connectivity index (χ0v) is 22.0. The molecule has 0 unspecified atom stereocenters. The Morgan fingerprint density at radius 1 is 0.975 bits per heavy atom. The first-order valence-corrected chi connectivity index (χ1v) is 13.0. The Balaban J connectivity index is 1.46. The quantitative estimate of drug-likeness (QED) is 0.317. The van der Waals surface area contributed by atoms with Crippen molar-refractivity contribution in [2.24, 2.45) is 0 Å². The fourth-order valence-electron chi connectivity index (χ4n) is 4.92. The Morgan fingerprint density at radius 2 is 1.65 bits per heavy atom. The van der Waals surface area contributed by atoms with E-state index in [1.54, 1.807) is 48.5 Å². The Morgan fingerprint density at radius 3 is 2.30 bits per heavy atom. The highest BCUT2D eigenvalue weighted by atomic mass is 16.5. The van der Waals surface area contributed by atoms with E-state index in [-0.39, 0.29) is 13.0 Å². The number of carboxylic acids is 1. The number of carbonyl (C=O) groups excluding carboxylic acids is 1. The summed E-state index contributed by atoms with van der Waals surface area (Å²) in [5.74, 6) is -0.494. The monoisotopic (exact) mass is 532 g/mol. The molecule has 7 nitrogen and oxygen atoms in total. The summed E-state index contributed by atoms with van der Waals surface area (Å²) >= 11 is 0. The number of amides is 1. The van der Waals surface area contributed by atoms with Gasteiger partial charge in [0, 0.05) is 24.1 Å². The van der Waals surface area contributed by atoms with E-state index in [1.165, 1.54) is 4.90 Å². The van der Waals surface area contributed by atoms with Crippen LogP contribution in [0.15, 0.2) is 97.1 Å². The lowest BCUT2D eigenvalue weighted by atomic mass is 9.90. The highest BCUT2D eigenvalue weighted by Gasteiger charge is 2.40. The third kappa shape index (κ3) is 5.67. The lowest BCUT2D eigenvalue weighted by molar-refractivity contribution is -0.155. The van der Waals surface area contributed by atoms with Crippen molar-refractivity contribution in [1.29, 1.82) is 5.26 Å². The standard InChI is InChI=1S/C33H28N2O5/c1-22-12-15-26-20-35(29(33(37)38)18-28(26)30(22)39-21-24-8-4-2-5-9-24)32(36)31(25-10-6-3-7-11-25)40-27-16-13-23(19-34)14-17-27/h2-17,29,31H,18,20-21H2,1H3,(H,37,38)/t29-,31+/m0/s1. The van der Waals surface area contributed by atoms with Crippen molar-refractivity contribution < 1.29 is 24.2 Å². The fraction of sp³-hybridized carbons (Fsp3) is 0.182. The van der Waals surface area contributed by atoms with Gasteiger partial charge in [-0.1, -0.05) is 72.8 Å². The van der Waals surface area contributed by atoms with Crippen molar-refractivity contribution in [3.8, 4) is 17.6 Å². The van der Waals surface area contributed by atoms with E-state index < -0.39 is 24.0 Å². The van der Waals surface area contributed by atoms with Crippen molar-refractivity contribution >= 4 is 11.9 Å². The Hall–Kier alpha value is -5.09. The molecule has 1 N–H and O–H groups in total. The molecule has 0 saturated heterocycles. The Bertz CT molecular complexity index is 1550. The van der Waals surface area contributed by atoms with Crippen LogP contribution in [-0.2, 0) is 29.2 Å². The largest absolute Gasteiger partial charge is 0.488 e. The number of carbonyl (C=O) groups is 2. The smallest absolute Gasteiger partial charge is 0.326 e. The molecule has 1 heterocycles. The van der Waals surface area contributed by atoms with Gasteiger partial charge in [-0.2, -0.15) is 5.26 Å². The van der Waals surface area contributed by atoms with E-state index in [2.05, 4.69) is 6.07 Å². The molecule has 0 fully saturated rings. The number of ether oxygens (including phenoxy) is 2. The summed E-state index contributed by atoms with van der Waals surface area (Å²) in [6.45, 7) is 2.39. The zero-order chi connectivity index (χ0) is 28.1. The predicted octanol–water partition coefficient (Wildman–Crippen LogP) is 5.60. The second kappa shape index (κ2) is 11.7. The van der Waals surface area contributed by atoms with Crippen LogP contribution in [0.5, 0.6) is 11.5 Å². The molecule has 40 heavy (non-hydrogen) atoms. The van der Waals surface area contributed by atoms with Crippen LogP contribution in [0.1, 0.15) is 39.5 Å². The number of fused-ring (bicyclic) bond motifs is 1. The number of rotatable bonds is 8. The third-order valence-corrected chi connectivity index (χ3v) is 7.03. The van der Waals surface area contributed by atoms with Crippen LogP contribution in [0.2, 0.25) is 0 Å². The molecule has 0 radical (unpaired) electrons. The Kier molecular flexibility index (Phi) is 7.79. The predicted molar refractivity (Wildman–Crippen MR) is 149 cm³/mol. The maximum absolute atomic E-state index is 14.1. The summed E-state index contributed by atoms with van der Waals surface area (Å²) in [5.41, 5.74) is 4.62. The number of carboxylic acid groups (broad SMARTS) is 1. The van der Waals surface area contributed by atoms with Gasteiger partial charge in [0.2, 0.25) is 6.10 Å². The molecule has 4 aromatic carbocycles. The highest BCUT2D eigenvalue weighted by molar-refractivity contribution is 5.88. The summed E-state index contributed by atoms with van der Waals surface area (Å²) in [4.78, 5) is 28.0. The molecule has 2 atom stereocenters. The zero-order valence-electron chi connectivity index (χ0n) is 22.0. The van der Waals surface area contributed by atoms with Crippen molar-refractivity contribution in [2.45, 2.75) is 38.6 Å². The number of aryl methyl sites for hydroxylation is 1. The van der Waals surface area contributed by atoms with Crippen LogP contribution in [0.3, 0.4) is 0 Å². The van der Waals surface area contributed by atoms with Gasteiger partial charge in [0.1, 0.15) is 24.1 Å². The van der Waals surface area contributed by atoms with E-state index in [0.29, 0.717) is 29.2 Å². The maximum Gasteiger partial charge on any atom is 0.326 e. The van der Waals surface area contributed by atoms with Crippen molar-refractivity contribution in [3.63, 3.8) is 0 Å². The minimum Gasteiger partial charge on any atom is -0.488 e. The van der Waals surface area contributed by atoms with Crippen LogP contribution in [0.4, 0.5) is 0 Å². The van der Waals surface area contributed by atoms with Crippen molar-refractivity contribution in [2.75, 3.05) is 0 Å². The molecular formula is C33H28N2O5. The summed E-state index contributed by atoms with van der Waals surface area (Å²) in [7, 11) is 0. The molecule has 1 amide bonds. The van der Waals surface area contributed by atoms with Gasteiger partial charge in [-0.3, -0.25) is 4.79 Å². The molecule has 0 bridgehead atoms. The number of aliphatic carboxylic acids is 1. The summed E-state index contributed by atoms with van der Waals surface area (Å²) in [5, 5.41) is 19.4. The third-order valence-electron chi connectivity index (χ3n) is 7.03. The molecule has 0 spiro atoms. The van der Waals surface area contributed by atoms with E-state index in [1.807, 2.05) is 55.5 Å². The van der Waals surface area contributed by atoms with Crippen LogP contribution < -0.4 is 9.47 Å². The molecule has 1 aliphatic rings. The van der Waals surface area contributed by atoms with Crippen LogP contribution in [-0.4, -0.2) is 27.9 Å². The van der Waals surface area contributed by atoms with E-state index in [0.717, 1.165) is 22.3 Å². The number of nitriles is 1. The molecule has 200 valence electrons. The molecule has 1 aliphatic heterocycles. The molecular weight excluding hydrogens is 504 g/mol. The van der Waals surface area contributed by atoms with E-state index in [4.69, 9.17) is 14.7 Å². The second-order valence-electron chi connectivity index (χ2n) is 9.69. The minimum absolute atomic E-state index is 0.104. The van der Waals surface area contributed by atoms with E-state index in [9.17, 15) is 14.7 Å². The molecule has 0 aliphatic carbocycles. The lowest BCUT2D eigenvalue weighted by Crippen LogP contribution is -2.51. The summed E-state index contributed by atoms with van der Waals surface area (Å²) in [6, 6.07) is 30.1. The van der Waals surface area contributed by atoms with Crippen LogP contribution >= 0.6 is 0 Å². The number of hydrogen-bond acceptors (Lipinski definition) is 5. The van der Waals surface area contributed by atoms with E-state index >= 15 is 0 Å². The summed E-state index contributed by atoms with van der Waals surface area (Å²) in [6.07, 6.45) is -0.961. The van der Waals surface area contributed by atoms with Crippen molar-refractivity contribution in [1.82, 2.24) is 4.90 Å². The normalized spacial score (nSPS) is 14.9. The number of benzene rings is 4. The highest BCUT2D eigenvalue weighted by Crippen LogP contribution is 2.36. The van der Waals surface area contributed by atoms with Gasteiger partial charge in [-0.25, -0.2) is 4.79 Å². The van der Waals surface area contributed by atoms with Gasteiger partial charge in [0.15, 0.2) is 0 Å². The molecule has 5 rings (SSSR count). The molecule has 7 heteroatoms. The number of hydrogen-bond donors (Lipinski definition) is 1. The van der Waals surface area contributed by atoms with Crippen molar-refractivity contribution in [3.05, 3.63) is 130 Å². The average molecular weight is 533 g/mol.